The molecule has 1 aromatic carbocycles. The van der Waals surface area contributed by atoms with E-state index >= 15 is 0 Å². The normalized spacial score (nSPS) is 14.3. The van der Waals surface area contributed by atoms with E-state index < -0.39 is 0 Å². The molecule has 2 rings (SSSR count). The molecule has 0 aromatic heterocycles. The minimum absolute atomic E-state index is 0.128. The van der Waals surface area contributed by atoms with Crippen molar-refractivity contribution in [3.63, 3.8) is 0 Å². The molecule has 2 N–H and O–H groups in total. The van der Waals surface area contributed by atoms with Gasteiger partial charge in [-0.15, -0.1) is 0 Å². The second kappa shape index (κ2) is 6.56. The lowest BCUT2D eigenvalue weighted by Gasteiger charge is -2.16. The zero-order chi connectivity index (χ0) is 14.5. The fourth-order valence-electron chi connectivity index (χ4n) is 2.28. The van der Waals surface area contributed by atoms with Crippen LogP contribution in [0.25, 0.3) is 0 Å². The van der Waals surface area contributed by atoms with Crippen LogP contribution in [0.5, 0.6) is 0 Å². The van der Waals surface area contributed by atoms with E-state index in [2.05, 4.69) is 22.6 Å². The molecule has 1 aromatic rings. The van der Waals surface area contributed by atoms with Crippen LogP contribution in [0.15, 0.2) is 18.2 Å². The van der Waals surface area contributed by atoms with Crippen LogP contribution >= 0.6 is 0 Å². The minimum Gasteiger partial charge on any atom is -0.380 e. The number of nitrogens with one attached hydrogen (secondary N) is 2. The predicted molar refractivity (Wildman–Crippen MR) is 81.4 cm³/mol. The summed E-state index contributed by atoms with van der Waals surface area (Å²) in [5.41, 5.74) is 1.28. The first-order chi connectivity index (χ1) is 9.63. The molecule has 20 heavy (non-hydrogen) atoms. The molecule has 0 bridgehead atoms. The van der Waals surface area contributed by atoms with E-state index in [-0.39, 0.29) is 10.6 Å². The lowest BCUT2D eigenvalue weighted by atomic mass is 10.2. The summed E-state index contributed by atoms with van der Waals surface area (Å²) < 4.78 is 0. The highest BCUT2D eigenvalue weighted by Crippen LogP contribution is 2.32. The molecule has 0 radical (unpaired) electrons. The van der Waals surface area contributed by atoms with E-state index in [0.717, 1.165) is 6.54 Å². The van der Waals surface area contributed by atoms with Gasteiger partial charge in [0.1, 0.15) is 11.4 Å². The van der Waals surface area contributed by atoms with Gasteiger partial charge < -0.3 is 15.5 Å². The van der Waals surface area contributed by atoms with Crippen molar-refractivity contribution in [2.75, 3.05) is 37.3 Å². The number of anilines is 2. The van der Waals surface area contributed by atoms with E-state index in [9.17, 15) is 10.1 Å². The predicted octanol–water partition coefficient (Wildman–Crippen LogP) is 2.53. The molecule has 1 fully saturated rings. The third-order valence-electron chi connectivity index (χ3n) is 3.54. The van der Waals surface area contributed by atoms with Crippen molar-refractivity contribution in [1.82, 2.24) is 4.90 Å². The zero-order valence-corrected chi connectivity index (χ0v) is 12.1. The van der Waals surface area contributed by atoms with Gasteiger partial charge in [0.05, 0.1) is 4.92 Å². The topological polar surface area (TPSA) is 70.4 Å². The van der Waals surface area contributed by atoms with Crippen molar-refractivity contribution in [3.8, 4) is 0 Å². The number of hydrogen-bond acceptors (Lipinski definition) is 5. The number of nitrogens with zero attached hydrogens (tertiary/aromatic N) is 2. The quantitative estimate of drug-likeness (QED) is 0.565. The van der Waals surface area contributed by atoms with Crippen LogP contribution in [0.3, 0.4) is 0 Å². The fourth-order valence-corrected chi connectivity index (χ4v) is 2.28. The van der Waals surface area contributed by atoms with Crippen LogP contribution in [0.1, 0.15) is 19.8 Å². The summed E-state index contributed by atoms with van der Waals surface area (Å²) >= 11 is 0. The number of likely N-dealkylation sites (N-methyl/N-ethyl adjacent to an activating group) is 1. The van der Waals surface area contributed by atoms with Gasteiger partial charge in [-0.2, -0.15) is 0 Å². The average molecular weight is 278 g/mol. The number of nitro benzene ring substituents is 1. The second-order valence-electron chi connectivity index (χ2n) is 5.13. The fraction of sp³-hybridized carbons (Fsp3) is 0.571. The van der Waals surface area contributed by atoms with E-state index in [1.54, 1.807) is 12.1 Å². The van der Waals surface area contributed by atoms with Crippen LogP contribution in [-0.2, 0) is 0 Å². The number of hydrogen-bond donors (Lipinski definition) is 2. The number of nitro groups is 1. The van der Waals surface area contributed by atoms with Crippen molar-refractivity contribution >= 4 is 17.1 Å². The highest BCUT2D eigenvalue weighted by Gasteiger charge is 2.25. The van der Waals surface area contributed by atoms with E-state index in [4.69, 9.17) is 0 Å². The van der Waals surface area contributed by atoms with Gasteiger partial charge in [-0.3, -0.25) is 10.1 Å². The molecule has 0 unspecified atom stereocenters. The molecular weight excluding hydrogens is 256 g/mol. The van der Waals surface area contributed by atoms with Gasteiger partial charge in [-0.1, -0.05) is 6.07 Å². The Hall–Kier alpha value is -1.82. The third kappa shape index (κ3) is 3.60. The molecule has 110 valence electrons. The van der Waals surface area contributed by atoms with Crippen molar-refractivity contribution < 1.29 is 4.92 Å². The van der Waals surface area contributed by atoms with Crippen molar-refractivity contribution in [2.24, 2.45) is 0 Å². The summed E-state index contributed by atoms with van der Waals surface area (Å²) in [6.07, 6.45) is 2.54. The Balaban J connectivity index is 2.01. The maximum Gasteiger partial charge on any atom is 0.315 e. The molecule has 0 saturated heterocycles. The molecular formula is C14H22N4O2. The summed E-state index contributed by atoms with van der Waals surface area (Å²) in [5.74, 6) is 0. The van der Waals surface area contributed by atoms with Crippen LogP contribution in [0.4, 0.5) is 17.1 Å². The van der Waals surface area contributed by atoms with Gasteiger partial charge in [0.15, 0.2) is 0 Å². The van der Waals surface area contributed by atoms with Crippen molar-refractivity contribution in [2.45, 2.75) is 25.8 Å². The van der Waals surface area contributed by atoms with Gasteiger partial charge >= 0.3 is 5.69 Å². The average Bonchev–Trinajstić information content (AvgIpc) is 3.23. The Kier molecular flexibility index (Phi) is 4.79. The first-order valence-electron chi connectivity index (χ1n) is 7.09. The van der Waals surface area contributed by atoms with Crippen LogP contribution < -0.4 is 10.6 Å². The maximum atomic E-state index is 11.2. The molecule has 1 aliphatic carbocycles. The summed E-state index contributed by atoms with van der Waals surface area (Å²) in [5, 5.41) is 17.5. The Labute approximate surface area is 119 Å². The largest absolute Gasteiger partial charge is 0.380 e. The molecule has 0 heterocycles. The van der Waals surface area contributed by atoms with Gasteiger partial charge in [0, 0.05) is 25.7 Å². The molecule has 0 aliphatic heterocycles. The third-order valence-corrected chi connectivity index (χ3v) is 3.54. The van der Waals surface area contributed by atoms with E-state index in [0.29, 0.717) is 30.5 Å². The first kappa shape index (κ1) is 14.6. The second-order valence-corrected chi connectivity index (χ2v) is 5.13. The van der Waals surface area contributed by atoms with Crippen LogP contribution in [-0.4, -0.2) is 42.5 Å². The number of benzene rings is 1. The molecule has 0 atom stereocenters. The summed E-state index contributed by atoms with van der Waals surface area (Å²) in [4.78, 5) is 13.2. The molecule has 0 amide bonds. The molecule has 1 saturated carbocycles. The molecule has 6 heteroatoms. The summed E-state index contributed by atoms with van der Waals surface area (Å²) in [6.45, 7) is 4.19. The SMILES string of the molecule is CCNc1cccc(NCCN(C)C2CC2)c1[N+](=O)[O-]. The standard InChI is InChI=1S/C14H22N4O2/c1-3-15-12-5-4-6-13(14(12)18(19)20)16-9-10-17(2)11-7-8-11/h4-6,11,15-16H,3,7-10H2,1-2H3. The van der Waals surface area contributed by atoms with Crippen molar-refractivity contribution in [3.05, 3.63) is 28.3 Å². The van der Waals surface area contributed by atoms with Crippen LogP contribution in [0.2, 0.25) is 0 Å². The maximum absolute atomic E-state index is 11.2. The van der Waals surface area contributed by atoms with Crippen LogP contribution in [0, 0.1) is 10.1 Å². The monoisotopic (exact) mass is 278 g/mol. The van der Waals surface area contributed by atoms with Crippen molar-refractivity contribution in [1.29, 1.82) is 0 Å². The lowest BCUT2D eigenvalue weighted by molar-refractivity contribution is -0.383. The smallest absolute Gasteiger partial charge is 0.315 e. The Bertz CT molecular complexity index is 474. The zero-order valence-electron chi connectivity index (χ0n) is 12.1. The Morgan fingerprint density at radius 2 is 2.00 bits per heavy atom. The highest BCUT2D eigenvalue weighted by molar-refractivity contribution is 5.76. The van der Waals surface area contributed by atoms with Gasteiger partial charge in [-0.25, -0.2) is 0 Å². The Morgan fingerprint density at radius 1 is 1.35 bits per heavy atom. The number of rotatable bonds is 8. The molecule has 0 spiro atoms. The van der Waals surface area contributed by atoms with E-state index in [1.807, 2.05) is 13.0 Å². The van der Waals surface area contributed by atoms with Gasteiger partial charge in [-0.05, 0) is 38.9 Å². The minimum atomic E-state index is -0.328. The molecule has 1 aliphatic rings. The van der Waals surface area contributed by atoms with Gasteiger partial charge in [0.2, 0.25) is 0 Å². The summed E-state index contributed by atoms with van der Waals surface area (Å²) in [7, 11) is 2.10. The molecule has 6 nitrogen and oxygen atoms in total. The Morgan fingerprint density at radius 3 is 2.55 bits per heavy atom. The van der Waals surface area contributed by atoms with E-state index in [1.165, 1.54) is 12.8 Å². The summed E-state index contributed by atoms with van der Waals surface area (Å²) in [6, 6.07) is 6.04. The lowest BCUT2D eigenvalue weighted by Crippen LogP contribution is -2.27. The highest BCUT2D eigenvalue weighted by atomic mass is 16.6. The number of para-hydroxylation sites is 1. The first-order valence-corrected chi connectivity index (χ1v) is 7.09. The van der Waals surface area contributed by atoms with Gasteiger partial charge in [0.25, 0.3) is 0 Å².